The lowest BCUT2D eigenvalue weighted by Gasteiger charge is -2.32. The molecule has 1 saturated heterocycles. The van der Waals surface area contributed by atoms with Gasteiger partial charge in [-0.15, -0.1) is 0 Å². The highest BCUT2D eigenvalue weighted by molar-refractivity contribution is 5.88. The maximum Gasteiger partial charge on any atom is 0.326 e. The molecule has 1 aromatic carbocycles. The number of ether oxygens (including phenoxy) is 1. The molecule has 2 unspecified atom stereocenters. The third-order valence-electron chi connectivity index (χ3n) is 10.3. The molecule has 1 aliphatic carbocycles. The van der Waals surface area contributed by atoms with E-state index in [4.69, 9.17) is 10.5 Å². The summed E-state index contributed by atoms with van der Waals surface area (Å²) in [6.45, 7) is 10.3. The topological polar surface area (TPSA) is 122 Å². The van der Waals surface area contributed by atoms with E-state index >= 15 is 0 Å². The first-order chi connectivity index (χ1) is 24.4. The van der Waals surface area contributed by atoms with Gasteiger partial charge in [0.25, 0.3) is 0 Å². The van der Waals surface area contributed by atoms with Crippen LogP contribution in [0.1, 0.15) is 175 Å². The second kappa shape index (κ2) is 25.5. The number of amides is 1. The molecule has 0 spiro atoms. The average Bonchev–Trinajstić information content (AvgIpc) is 3.69. The second-order valence-electron chi connectivity index (χ2n) is 16.4. The zero-order valence-corrected chi connectivity index (χ0v) is 33.1. The number of nitrogens with zero attached hydrogens (tertiary/aromatic N) is 1. The van der Waals surface area contributed by atoms with Gasteiger partial charge in [0.2, 0.25) is 5.91 Å². The van der Waals surface area contributed by atoms with Crippen LogP contribution >= 0.6 is 0 Å². The summed E-state index contributed by atoms with van der Waals surface area (Å²) in [5, 5.41) is 13.1. The minimum atomic E-state index is -0.936. The van der Waals surface area contributed by atoms with Gasteiger partial charge in [-0.3, -0.25) is 14.9 Å². The Kier molecular flexibility index (Phi) is 22.4. The van der Waals surface area contributed by atoms with Crippen LogP contribution in [0.4, 0.5) is 0 Å². The van der Waals surface area contributed by atoms with Crippen LogP contribution in [0.5, 0.6) is 0 Å². The van der Waals surface area contributed by atoms with Crippen molar-refractivity contribution in [3.05, 3.63) is 35.9 Å². The van der Waals surface area contributed by atoms with Crippen molar-refractivity contribution in [1.29, 1.82) is 0 Å². The number of aliphatic carboxylic acids is 1. The molecule has 4 N–H and O–H groups in total. The van der Waals surface area contributed by atoms with Crippen LogP contribution < -0.4 is 11.1 Å². The number of carboxylic acids is 1. The molecule has 1 aliphatic heterocycles. The fourth-order valence-electron chi connectivity index (χ4n) is 7.57. The number of aryl methyl sites for hydroxylation is 1. The first kappa shape index (κ1) is 44.7. The summed E-state index contributed by atoms with van der Waals surface area (Å²) in [5.41, 5.74) is 6.48. The van der Waals surface area contributed by atoms with Crippen LogP contribution in [0.25, 0.3) is 0 Å². The molecule has 5 atom stereocenters. The lowest BCUT2D eigenvalue weighted by molar-refractivity contribution is -0.151. The maximum atomic E-state index is 13.6. The summed E-state index contributed by atoms with van der Waals surface area (Å²) < 4.78 is 5.73. The molecular weight excluding hydrogens is 638 g/mol. The smallest absolute Gasteiger partial charge is 0.326 e. The van der Waals surface area contributed by atoms with Gasteiger partial charge in [-0.1, -0.05) is 140 Å². The van der Waals surface area contributed by atoms with Crippen molar-refractivity contribution >= 4 is 17.8 Å². The Morgan fingerprint density at radius 3 is 1.88 bits per heavy atom. The molecule has 292 valence electrons. The number of rotatable bonds is 25. The molecule has 2 aliphatic rings. The van der Waals surface area contributed by atoms with Gasteiger partial charge in [0.05, 0.1) is 12.6 Å². The van der Waals surface area contributed by atoms with E-state index in [2.05, 4.69) is 12.2 Å². The Balaban J connectivity index is 0.00000168. The molecule has 0 bridgehead atoms. The molecule has 1 aromatic rings. The highest BCUT2D eigenvalue weighted by Gasteiger charge is 2.49. The molecule has 0 radical (unpaired) electrons. The molecule has 0 aromatic heterocycles. The first-order valence-electron chi connectivity index (χ1n) is 20.7. The summed E-state index contributed by atoms with van der Waals surface area (Å²) in [4.78, 5) is 40.5. The molecule has 2 fully saturated rings. The molecule has 1 amide bonds. The van der Waals surface area contributed by atoms with Crippen LogP contribution in [-0.4, -0.2) is 64.2 Å². The summed E-state index contributed by atoms with van der Waals surface area (Å²) in [6, 6.07) is 7.91. The summed E-state index contributed by atoms with van der Waals surface area (Å²) in [7, 11) is 0. The number of fused-ring (bicyclic) bond motifs is 1. The van der Waals surface area contributed by atoms with Gasteiger partial charge in [0.15, 0.2) is 0 Å². The third kappa shape index (κ3) is 19.3. The van der Waals surface area contributed by atoms with Crippen molar-refractivity contribution in [3.63, 3.8) is 0 Å². The quantitative estimate of drug-likeness (QED) is 0.0682. The highest BCUT2D eigenvalue weighted by Crippen LogP contribution is 2.41. The van der Waals surface area contributed by atoms with Crippen molar-refractivity contribution < 1.29 is 24.2 Å². The molecule has 8 heteroatoms. The second-order valence-corrected chi connectivity index (χ2v) is 16.4. The number of nitrogens with two attached hydrogens (primary N) is 1. The van der Waals surface area contributed by atoms with Crippen molar-refractivity contribution in [1.82, 2.24) is 10.2 Å². The van der Waals surface area contributed by atoms with Gasteiger partial charge >= 0.3 is 11.9 Å². The Labute approximate surface area is 311 Å². The fourth-order valence-corrected chi connectivity index (χ4v) is 7.57. The Morgan fingerprint density at radius 1 is 0.863 bits per heavy atom. The normalized spacial score (nSPS) is 19.6. The predicted molar refractivity (Wildman–Crippen MR) is 210 cm³/mol. The minimum absolute atomic E-state index is 0. The molecular formula is C43H75N3O5. The number of carbonyl (C=O) groups is 3. The first-order valence-corrected chi connectivity index (χ1v) is 20.7. The predicted octanol–water partition coefficient (Wildman–Crippen LogP) is 9.37. The third-order valence-corrected chi connectivity index (χ3v) is 10.3. The SMILES string of the molecule is CC(C)(C)N.CCCCCCCCCCCCCCCCCCOC(=O)C(CCc1ccccc1)NC(C)C(=O)N1[C@H](C(=O)O)C[C@@H]2CCC[C@@H]21. The van der Waals surface area contributed by atoms with Crippen LogP contribution in [-0.2, 0) is 25.5 Å². The van der Waals surface area contributed by atoms with Gasteiger partial charge < -0.3 is 20.5 Å². The van der Waals surface area contributed by atoms with E-state index in [0.717, 1.165) is 37.7 Å². The van der Waals surface area contributed by atoms with Gasteiger partial charge in [0, 0.05) is 11.6 Å². The Bertz CT molecular complexity index is 1080. The largest absolute Gasteiger partial charge is 0.480 e. The Hall–Kier alpha value is -2.45. The number of nitrogens with one attached hydrogen (secondary N) is 1. The summed E-state index contributed by atoms with van der Waals surface area (Å²) >= 11 is 0. The van der Waals surface area contributed by atoms with Crippen LogP contribution in [0.2, 0.25) is 0 Å². The van der Waals surface area contributed by atoms with Crippen LogP contribution in [0.3, 0.4) is 0 Å². The lowest BCUT2D eigenvalue weighted by Crippen LogP contribution is -2.55. The molecule has 51 heavy (non-hydrogen) atoms. The number of hydrogen-bond donors (Lipinski definition) is 3. The van der Waals surface area contributed by atoms with E-state index < -0.39 is 24.1 Å². The summed E-state index contributed by atoms with van der Waals surface area (Å²) in [6.07, 6.45) is 25.3. The van der Waals surface area contributed by atoms with E-state index in [1.807, 2.05) is 51.1 Å². The number of likely N-dealkylation sites (tertiary alicyclic amines) is 1. The zero-order valence-electron chi connectivity index (χ0n) is 33.1. The fraction of sp³-hybridized carbons (Fsp3) is 0.791. The maximum absolute atomic E-state index is 13.6. The minimum Gasteiger partial charge on any atom is -0.480 e. The van der Waals surface area contributed by atoms with E-state index in [9.17, 15) is 19.5 Å². The van der Waals surface area contributed by atoms with E-state index in [-0.39, 0.29) is 29.4 Å². The van der Waals surface area contributed by atoms with Gasteiger partial charge in [-0.05, 0) is 77.7 Å². The molecule has 8 nitrogen and oxygen atoms in total. The van der Waals surface area contributed by atoms with E-state index in [1.54, 1.807) is 11.8 Å². The summed E-state index contributed by atoms with van der Waals surface area (Å²) in [5.74, 6) is -1.23. The number of unbranched alkanes of at least 4 members (excludes halogenated alkanes) is 15. The van der Waals surface area contributed by atoms with Crippen molar-refractivity contribution in [2.75, 3.05) is 6.61 Å². The van der Waals surface area contributed by atoms with E-state index in [0.29, 0.717) is 25.9 Å². The van der Waals surface area contributed by atoms with E-state index in [1.165, 1.54) is 89.9 Å². The van der Waals surface area contributed by atoms with Gasteiger partial charge in [-0.2, -0.15) is 0 Å². The number of benzene rings is 1. The number of carboxylic acid groups (broad SMARTS) is 1. The van der Waals surface area contributed by atoms with Crippen molar-refractivity contribution in [3.8, 4) is 0 Å². The molecule has 1 saturated carbocycles. The number of carbonyl (C=O) groups excluding carboxylic acids is 2. The highest BCUT2D eigenvalue weighted by atomic mass is 16.5. The van der Waals surface area contributed by atoms with Crippen molar-refractivity contribution in [2.24, 2.45) is 11.7 Å². The average molecular weight is 714 g/mol. The molecule has 1 heterocycles. The Morgan fingerprint density at radius 2 is 1.37 bits per heavy atom. The van der Waals surface area contributed by atoms with Gasteiger partial charge in [0.1, 0.15) is 12.1 Å². The lowest BCUT2D eigenvalue weighted by atomic mass is 10.0. The van der Waals surface area contributed by atoms with Crippen LogP contribution in [0.15, 0.2) is 30.3 Å². The van der Waals surface area contributed by atoms with Crippen LogP contribution in [0, 0.1) is 5.92 Å². The monoisotopic (exact) mass is 714 g/mol. The molecule has 3 rings (SSSR count). The van der Waals surface area contributed by atoms with Gasteiger partial charge in [-0.25, -0.2) is 4.79 Å². The number of esters is 1. The van der Waals surface area contributed by atoms with Crippen molar-refractivity contribution in [2.45, 2.75) is 206 Å². The number of hydrogen-bond acceptors (Lipinski definition) is 6. The standard InChI is InChI=1S/C39H64N2O5.C4H11N/c1-3-4-5-6-7-8-9-10-11-12-13-14-15-16-17-21-29-46-39(45)34(28-27-32-23-19-18-20-24-32)40-31(2)37(42)41-35-26-22-25-33(35)30-36(41)38(43)44;1-4(2,3)5/h18-20,23-24,31,33-36,40H,3-17,21-22,25-30H2,1-2H3,(H,43,44);5H2,1-3H3/t31?,33-,34?,35-,36-;/m0./s1. The zero-order chi connectivity index (χ0) is 37.5.